The Morgan fingerprint density at radius 2 is 1.90 bits per heavy atom. The van der Waals surface area contributed by atoms with Crippen molar-refractivity contribution in [3.63, 3.8) is 0 Å². The molecule has 1 N–H and O–H groups in total. The van der Waals surface area contributed by atoms with Gasteiger partial charge in [0.2, 0.25) is 0 Å². The molecule has 2 rings (SSSR count). The van der Waals surface area contributed by atoms with Gasteiger partial charge >= 0.3 is 5.69 Å². The number of benzene rings is 1. The van der Waals surface area contributed by atoms with Gasteiger partial charge in [0.1, 0.15) is 0 Å². The molecule has 0 unspecified atom stereocenters. The highest BCUT2D eigenvalue weighted by atomic mass is 16.2. The van der Waals surface area contributed by atoms with E-state index in [9.17, 15) is 9.59 Å². The molecule has 4 nitrogen and oxygen atoms in total. The Morgan fingerprint density at radius 3 is 2.45 bits per heavy atom. The van der Waals surface area contributed by atoms with Crippen molar-refractivity contribution < 1.29 is 0 Å². The molecule has 0 fully saturated rings. The number of hydrogen-bond donors (Lipinski definition) is 1. The van der Waals surface area contributed by atoms with Crippen LogP contribution < -0.4 is 11.2 Å². The summed E-state index contributed by atoms with van der Waals surface area (Å²) in [4.78, 5) is 25.2. The van der Waals surface area contributed by atoms with Crippen molar-refractivity contribution in [3.05, 3.63) is 62.4 Å². The Labute approximate surface area is 117 Å². The average molecular weight is 268 g/mol. The summed E-state index contributed by atoms with van der Waals surface area (Å²) in [6.45, 7) is 6.21. The zero-order valence-corrected chi connectivity index (χ0v) is 11.7. The number of aromatic amines is 1. The van der Waals surface area contributed by atoms with Gasteiger partial charge in [-0.25, -0.2) is 4.79 Å². The standard InChI is InChI=1S/C16H16N2O2/c1-5-11-8-12(16(2,3)4)10-13(9-11)18-7-6-14(19)17-15(18)20/h1,6-10H,2-4H3,(H,17,19,20). The highest BCUT2D eigenvalue weighted by Gasteiger charge is 2.15. The van der Waals surface area contributed by atoms with Gasteiger partial charge in [-0.1, -0.05) is 26.7 Å². The number of hydrogen-bond acceptors (Lipinski definition) is 2. The summed E-state index contributed by atoms with van der Waals surface area (Å²) >= 11 is 0. The van der Waals surface area contributed by atoms with Gasteiger partial charge in [0.15, 0.2) is 0 Å². The van der Waals surface area contributed by atoms with E-state index in [1.165, 1.54) is 16.8 Å². The van der Waals surface area contributed by atoms with Gasteiger partial charge in [-0.2, -0.15) is 0 Å². The molecule has 1 aromatic heterocycles. The highest BCUT2D eigenvalue weighted by Crippen LogP contribution is 2.25. The minimum atomic E-state index is -0.480. The second-order valence-corrected chi connectivity index (χ2v) is 5.64. The van der Waals surface area contributed by atoms with Crippen molar-refractivity contribution >= 4 is 0 Å². The van der Waals surface area contributed by atoms with Crippen molar-refractivity contribution in [2.45, 2.75) is 26.2 Å². The molecule has 0 atom stereocenters. The Kier molecular flexibility index (Phi) is 3.37. The van der Waals surface area contributed by atoms with Crippen LogP contribution in [0.1, 0.15) is 31.9 Å². The number of H-pyrrole nitrogens is 1. The molecule has 1 aromatic carbocycles. The average Bonchev–Trinajstić information content (AvgIpc) is 2.37. The normalized spacial score (nSPS) is 11.1. The molecule has 2 aromatic rings. The number of rotatable bonds is 1. The lowest BCUT2D eigenvalue weighted by molar-refractivity contribution is 0.589. The van der Waals surface area contributed by atoms with Crippen LogP contribution >= 0.6 is 0 Å². The molecule has 0 spiro atoms. The van der Waals surface area contributed by atoms with Gasteiger partial charge in [0, 0.05) is 17.8 Å². The third-order valence-electron chi connectivity index (χ3n) is 3.05. The van der Waals surface area contributed by atoms with Crippen molar-refractivity contribution in [1.29, 1.82) is 0 Å². The van der Waals surface area contributed by atoms with Crippen molar-refractivity contribution in [2.75, 3.05) is 0 Å². The van der Waals surface area contributed by atoms with E-state index in [-0.39, 0.29) is 5.41 Å². The molecule has 4 heteroatoms. The van der Waals surface area contributed by atoms with E-state index in [2.05, 4.69) is 31.7 Å². The second-order valence-electron chi connectivity index (χ2n) is 5.64. The number of terminal acetylenes is 1. The first kappa shape index (κ1) is 13.9. The maximum atomic E-state index is 11.9. The fourth-order valence-electron chi connectivity index (χ4n) is 1.89. The third kappa shape index (κ3) is 2.72. The minimum Gasteiger partial charge on any atom is -0.274 e. The summed E-state index contributed by atoms with van der Waals surface area (Å²) < 4.78 is 1.37. The van der Waals surface area contributed by atoms with E-state index in [0.29, 0.717) is 11.3 Å². The molecule has 0 aliphatic rings. The highest BCUT2D eigenvalue weighted by molar-refractivity contribution is 5.48. The zero-order chi connectivity index (χ0) is 14.9. The Morgan fingerprint density at radius 1 is 1.20 bits per heavy atom. The number of nitrogens with one attached hydrogen (secondary N) is 1. The maximum Gasteiger partial charge on any atom is 0.332 e. The Bertz CT molecular complexity index is 799. The lowest BCUT2D eigenvalue weighted by Gasteiger charge is -2.20. The summed E-state index contributed by atoms with van der Waals surface area (Å²) in [5.41, 5.74) is 1.38. The zero-order valence-electron chi connectivity index (χ0n) is 11.7. The molecule has 0 saturated heterocycles. The lowest BCUT2D eigenvalue weighted by Crippen LogP contribution is -2.27. The van der Waals surface area contributed by atoms with Crippen LogP contribution in [0.25, 0.3) is 5.69 Å². The SMILES string of the molecule is C#Cc1cc(-n2ccc(=O)[nH]c2=O)cc(C(C)(C)C)c1. The molecule has 0 saturated carbocycles. The summed E-state index contributed by atoms with van der Waals surface area (Å²) in [6, 6.07) is 6.89. The van der Waals surface area contributed by atoms with E-state index >= 15 is 0 Å². The van der Waals surface area contributed by atoms with Crippen molar-refractivity contribution in [3.8, 4) is 18.0 Å². The van der Waals surface area contributed by atoms with Crippen LogP contribution in [0.3, 0.4) is 0 Å². The molecule has 0 aliphatic heterocycles. The van der Waals surface area contributed by atoms with Gasteiger partial charge < -0.3 is 0 Å². The van der Waals surface area contributed by atoms with E-state index in [1.807, 2.05) is 12.1 Å². The largest absolute Gasteiger partial charge is 0.332 e. The molecule has 0 amide bonds. The molecule has 20 heavy (non-hydrogen) atoms. The van der Waals surface area contributed by atoms with E-state index < -0.39 is 11.2 Å². The molecule has 1 heterocycles. The predicted molar refractivity (Wildman–Crippen MR) is 79.3 cm³/mol. The number of aromatic nitrogens is 2. The van der Waals surface area contributed by atoms with E-state index in [1.54, 1.807) is 6.07 Å². The molecule has 0 radical (unpaired) electrons. The van der Waals surface area contributed by atoms with Crippen LogP contribution in [0.4, 0.5) is 0 Å². The summed E-state index contributed by atoms with van der Waals surface area (Å²) in [6.07, 6.45) is 6.92. The fraction of sp³-hybridized carbons (Fsp3) is 0.250. The first-order valence-electron chi connectivity index (χ1n) is 6.26. The quantitative estimate of drug-likeness (QED) is 0.802. The van der Waals surface area contributed by atoms with Crippen molar-refractivity contribution in [1.82, 2.24) is 9.55 Å². The molecule has 102 valence electrons. The maximum absolute atomic E-state index is 11.9. The lowest BCUT2D eigenvalue weighted by atomic mass is 9.86. The van der Waals surface area contributed by atoms with Gasteiger partial charge in [-0.05, 0) is 29.2 Å². The monoisotopic (exact) mass is 268 g/mol. The number of nitrogens with zero attached hydrogens (tertiary/aromatic N) is 1. The van der Waals surface area contributed by atoms with Crippen LogP contribution in [-0.2, 0) is 5.41 Å². The first-order valence-corrected chi connectivity index (χ1v) is 6.26. The molecule has 0 aliphatic carbocycles. The summed E-state index contributed by atoms with van der Waals surface area (Å²) in [5, 5.41) is 0. The fourth-order valence-corrected chi connectivity index (χ4v) is 1.89. The first-order chi connectivity index (χ1) is 9.31. The summed E-state index contributed by atoms with van der Waals surface area (Å²) in [5.74, 6) is 2.59. The van der Waals surface area contributed by atoms with E-state index in [0.717, 1.165) is 5.56 Å². The van der Waals surface area contributed by atoms with Crippen LogP contribution in [0, 0.1) is 12.3 Å². The van der Waals surface area contributed by atoms with Crippen molar-refractivity contribution in [2.24, 2.45) is 0 Å². The van der Waals surface area contributed by atoms with Gasteiger partial charge in [-0.3, -0.25) is 14.3 Å². The van der Waals surface area contributed by atoms with Crippen LogP contribution in [0.15, 0.2) is 40.1 Å². The smallest absolute Gasteiger partial charge is 0.274 e. The van der Waals surface area contributed by atoms with Gasteiger partial charge in [0.25, 0.3) is 5.56 Å². The van der Waals surface area contributed by atoms with Gasteiger partial charge in [0.05, 0.1) is 5.69 Å². The van der Waals surface area contributed by atoms with Gasteiger partial charge in [-0.15, -0.1) is 6.42 Å². The minimum absolute atomic E-state index is 0.0899. The topological polar surface area (TPSA) is 54.9 Å². The summed E-state index contributed by atoms with van der Waals surface area (Å²) in [7, 11) is 0. The van der Waals surface area contributed by atoms with Crippen LogP contribution in [0.2, 0.25) is 0 Å². The van der Waals surface area contributed by atoms with Crippen LogP contribution in [0.5, 0.6) is 0 Å². The second kappa shape index (κ2) is 4.86. The van der Waals surface area contributed by atoms with E-state index in [4.69, 9.17) is 6.42 Å². The molecular weight excluding hydrogens is 252 g/mol. The van der Waals surface area contributed by atoms with Crippen LogP contribution in [-0.4, -0.2) is 9.55 Å². The predicted octanol–water partition coefficient (Wildman–Crippen LogP) is 1.80. The third-order valence-corrected chi connectivity index (χ3v) is 3.05. The molecule has 0 bridgehead atoms. The Hall–Kier alpha value is -2.54. The Balaban J connectivity index is 2.72. The molecular formula is C16H16N2O2.